The molecule has 3 N–H and O–H groups in total. The van der Waals surface area contributed by atoms with Gasteiger partial charge in [-0.05, 0) is 31.8 Å². The van der Waals surface area contributed by atoms with E-state index < -0.39 is 11.2 Å². The molecule has 7 nitrogen and oxygen atoms in total. The van der Waals surface area contributed by atoms with Crippen molar-refractivity contribution in [1.29, 1.82) is 0 Å². The number of aromatic amines is 2. The van der Waals surface area contributed by atoms with Crippen LogP contribution in [-0.4, -0.2) is 41.4 Å². The van der Waals surface area contributed by atoms with Crippen molar-refractivity contribution in [3.8, 4) is 0 Å². The number of hydrogen-bond donors (Lipinski definition) is 3. The summed E-state index contributed by atoms with van der Waals surface area (Å²) in [6.45, 7) is 5.72. The van der Waals surface area contributed by atoms with Gasteiger partial charge in [0, 0.05) is 13.1 Å². The van der Waals surface area contributed by atoms with Gasteiger partial charge < -0.3 is 10.2 Å². The predicted octanol–water partition coefficient (Wildman–Crippen LogP) is -0.716. The average Bonchev–Trinajstić information content (AvgIpc) is 2.37. The maximum absolute atomic E-state index is 11.6. The molecule has 0 saturated carbocycles. The molecule has 1 fully saturated rings. The van der Waals surface area contributed by atoms with Crippen LogP contribution in [0.5, 0.6) is 0 Å². The Bertz CT molecular complexity index is 487. The molecule has 0 atom stereocenters. The molecule has 7 heteroatoms. The third kappa shape index (κ3) is 2.98. The average molecular weight is 253 g/mol. The fraction of sp³-hybridized carbons (Fsp3) is 0.727. The minimum absolute atomic E-state index is 0.316. The fourth-order valence-corrected chi connectivity index (χ4v) is 2.25. The molecule has 0 radical (unpaired) electrons. The smallest absolute Gasteiger partial charge is 0.342 e. The molecule has 1 aliphatic heterocycles. The molecule has 0 amide bonds. The molecular weight excluding hydrogens is 234 g/mol. The zero-order valence-electron chi connectivity index (χ0n) is 10.5. The van der Waals surface area contributed by atoms with Crippen molar-refractivity contribution in [2.75, 3.05) is 31.1 Å². The zero-order chi connectivity index (χ0) is 13.0. The standard InChI is InChI=1S/C11H19N5O2/c1-2-12-7-8-3-5-16(6-4-8)9-10(17)13-11(18)15-14-9/h8,12H,2-7H2,1H3,(H2,13,15,17,18). The maximum atomic E-state index is 11.6. The minimum Gasteiger partial charge on any atom is -0.351 e. The summed E-state index contributed by atoms with van der Waals surface area (Å²) in [6, 6.07) is 0. The van der Waals surface area contributed by atoms with Crippen molar-refractivity contribution >= 4 is 5.82 Å². The number of aromatic nitrogens is 3. The third-order valence-electron chi connectivity index (χ3n) is 3.29. The van der Waals surface area contributed by atoms with Gasteiger partial charge in [0.1, 0.15) is 0 Å². The first kappa shape index (κ1) is 12.8. The largest absolute Gasteiger partial charge is 0.351 e. The summed E-state index contributed by atoms with van der Waals surface area (Å²) in [7, 11) is 0. The summed E-state index contributed by atoms with van der Waals surface area (Å²) in [4.78, 5) is 26.6. The van der Waals surface area contributed by atoms with Crippen molar-refractivity contribution in [2.24, 2.45) is 5.92 Å². The second kappa shape index (κ2) is 5.81. The number of piperidine rings is 1. The van der Waals surface area contributed by atoms with E-state index in [1.807, 2.05) is 4.90 Å². The summed E-state index contributed by atoms with van der Waals surface area (Å²) in [5, 5.41) is 9.43. The van der Waals surface area contributed by atoms with E-state index in [4.69, 9.17) is 0 Å². The summed E-state index contributed by atoms with van der Waals surface area (Å²) in [6.07, 6.45) is 2.07. The highest BCUT2D eigenvalue weighted by atomic mass is 16.2. The van der Waals surface area contributed by atoms with Crippen molar-refractivity contribution in [1.82, 2.24) is 20.5 Å². The van der Waals surface area contributed by atoms with Gasteiger partial charge in [0.15, 0.2) is 0 Å². The second-order valence-corrected chi connectivity index (χ2v) is 4.57. The van der Waals surface area contributed by atoms with Gasteiger partial charge in [-0.25, -0.2) is 9.89 Å². The van der Waals surface area contributed by atoms with E-state index >= 15 is 0 Å². The highest BCUT2D eigenvalue weighted by molar-refractivity contribution is 5.34. The minimum atomic E-state index is -0.564. The van der Waals surface area contributed by atoms with Crippen LogP contribution in [0.25, 0.3) is 0 Å². The first-order chi connectivity index (χ1) is 8.70. The lowest BCUT2D eigenvalue weighted by molar-refractivity contribution is 0.384. The van der Waals surface area contributed by atoms with Gasteiger partial charge in [-0.15, -0.1) is 5.10 Å². The topological polar surface area (TPSA) is 93.9 Å². The molecule has 0 aliphatic carbocycles. The number of rotatable bonds is 4. The Morgan fingerprint density at radius 1 is 1.39 bits per heavy atom. The van der Waals surface area contributed by atoms with Crippen LogP contribution in [-0.2, 0) is 0 Å². The molecule has 18 heavy (non-hydrogen) atoms. The Morgan fingerprint density at radius 3 is 2.72 bits per heavy atom. The molecule has 0 aromatic carbocycles. The van der Waals surface area contributed by atoms with Gasteiger partial charge in [0.05, 0.1) is 0 Å². The number of nitrogens with one attached hydrogen (secondary N) is 3. The van der Waals surface area contributed by atoms with Gasteiger partial charge in [-0.3, -0.25) is 9.78 Å². The first-order valence-electron chi connectivity index (χ1n) is 6.35. The maximum Gasteiger partial charge on any atom is 0.342 e. The quantitative estimate of drug-likeness (QED) is 0.658. The van der Waals surface area contributed by atoms with E-state index in [0.717, 1.165) is 39.0 Å². The molecule has 0 bridgehead atoms. The zero-order valence-corrected chi connectivity index (χ0v) is 10.5. The summed E-state index contributed by atoms with van der Waals surface area (Å²) in [5.74, 6) is 0.972. The van der Waals surface area contributed by atoms with Crippen LogP contribution in [0.2, 0.25) is 0 Å². The van der Waals surface area contributed by atoms with Gasteiger partial charge in [-0.2, -0.15) is 0 Å². The highest BCUT2D eigenvalue weighted by Gasteiger charge is 2.21. The molecule has 0 spiro atoms. The van der Waals surface area contributed by atoms with Gasteiger partial charge in [-0.1, -0.05) is 6.92 Å². The molecule has 1 saturated heterocycles. The van der Waals surface area contributed by atoms with Crippen LogP contribution in [0.4, 0.5) is 5.82 Å². The SMILES string of the molecule is CCNCC1CCN(c2n[nH]c(=O)[nH]c2=O)CC1. The molecule has 0 unspecified atom stereocenters. The van der Waals surface area contributed by atoms with E-state index in [-0.39, 0.29) is 0 Å². The van der Waals surface area contributed by atoms with E-state index in [1.54, 1.807) is 0 Å². The lowest BCUT2D eigenvalue weighted by Crippen LogP contribution is -2.41. The summed E-state index contributed by atoms with van der Waals surface area (Å²) >= 11 is 0. The Morgan fingerprint density at radius 2 is 2.11 bits per heavy atom. The molecule has 2 heterocycles. The van der Waals surface area contributed by atoms with Crippen LogP contribution >= 0.6 is 0 Å². The van der Waals surface area contributed by atoms with Gasteiger partial charge in [0.2, 0.25) is 5.82 Å². The van der Waals surface area contributed by atoms with E-state index in [0.29, 0.717) is 11.7 Å². The Hall–Kier alpha value is -1.63. The van der Waals surface area contributed by atoms with Crippen molar-refractivity contribution in [3.63, 3.8) is 0 Å². The van der Waals surface area contributed by atoms with Gasteiger partial charge in [0.25, 0.3) is 5.56 Å². The molecule has 1 aromatic rings. The predicted molar refractivity (Wildman–Crippen MR) is 69.0 cm³/mol. The van der Waals surface area contributed by atoms with Gasteiger partial charge >= 0.3 is 5.69 Å². The van der Waals surface area contributed by atoms with E-state index in [1.165, 1.54) is 0 Å². The first-order valence-corrected chi connectivity index (χ1v) is 6.35. The second-order valence-electron chi connectivity index (χ2n) is 4.57. The van der Waals surface area contributed by atoms with Crippen molar-refractivity contribution in [2.45, 2.75) is 19.8 Å². The lowest BCUT2D eigenvalue weighted by atomic mass is 9.97. The lowest BCUT2D eigenvalue weighted by Gasteiger charge is -2.31. The van der Waals surface area contributed by atoms with Crippen molar-refractivity contribution in [3.05, 3.63) is 20.8 Å². The van der Waals surface area contributed by atoms with Crippen LogP contribution in [0.3, 0.4) is 0 Å². The van der Waals surface area contributed by atoms with Crippen LogP contribution in [0.15, 0.2) is 9.59 Å². The molecule has 1 aromatic heterocycles. The van der Waals surface area contributed by atoms with E-state index in [2.05, 4.69) is 27.4 Å². The highest BCUT2D eigenvalue weighted by Crippen LogP contribution is 2.18. The normalized spacial score (nSPS) is 17.1. The van der Waals surface area contributed by atoms with Crippen molar-refractivity contribution < 1.29 is 0 Å². The van der Waals surface area contributed by atoms with Crippen LogP contribution in [0.1, 0.15) is 19.8 Å². The summed E-state index contributed by atoms with van der Waals surface area (Å²) in [5.41, 5.74) is -0.977. The molecule has 2 rings (SSSR count). The van der Waals surface area contributed by atoms with Crippen LogP contribution < -0.4 is 21.5 Å². The number of nitrogens with zero attached hydrogens (tertiary/aromatic N) is 2. The Labute approximate surface area is 105 Å². The van der Waals surface area contributed by atoms with E-state index in [9.17, 15) is 9.59 Å². The molecule has 100 valence electrons. The Balaban J connectivity index is 1.97. The summed E-state index contributed by atoms with van der Waals surface area (Å²) < 4.78 is 0. The van der Waals surface area contributed by atoms with Crippen LogP contribution in [0, 0.1) is 5.92 Å². The number of H-pyrrole nitrogens is 2. The number of anilines is 1. The molecular formula is C11H19N5O2. The fourth-order valence-electron chi connectivity index (χ4n) is 2.25. The monoisotopic (exact) mass is 253 g/mol. The third-order valence-corrected chi connectivity index (χ3v) is 3.29. The molecule has 1 aliphatic rings. The Kier molecular flexibility index (Phi) is 4.14. The number of hydrogen-bond acceptors (Lipinski definition) is 5.